The molecule has 5 N–H and O–H groups in total. The molecule has 1 saturated heterocycles. The number of fused-ring (bicyclic) bond motifs is 5. The molecule has 0 aromatic carbocycles. The van der Waals surface area contributed by atoms with Crippen LogP contribution in [0, 0.1) is 40.4 Å². The Labute approximate surface area is 208 Å². The number of allylic oxidation sites excluding steroid dienone is 1. The van der Waals surface area contributed by atoms with Gasteiger partial charge in [-0.2, -0.15) is 0 Å². The van der Waals surface area contributed by atoms with E-state index < -0.39 is 46.4 Å². The molecular weight excluding hydrogens is 448 g/mol. The lowest BCUT2D eigenvalue weighted by molar-refractivity contribution is -0.194. The SMILES string of the molecule is C[C@@H]1[C@H]([C@@H](O)[C@](C)(O)[C@H]2CC[C@@]3(O)C4=CC(=O)[C@@H]5C[C@@H](O)[C@@H](O)C[C@]5(C)[C@H]4CC[C@]23C)OC[C@H]1C. The van der Waals surface area contributed by atoms with Gasteiger partial charge in [-0.05, 0) is 86.2 Å². The van der Waals surface area contributed by atoms with Crippen LogP contribution >= 0.6 is 0 Å². The molecule has 7 heteroatoms. The van der Waals surface area contributed by atoms with Crippen molar-refractivity contribution in [1.82, 2.24) is 0 Å². The molecule has 0 bridgehead atoms. The molecule has 0 amide bonds. The smallest absolute Gasteiger partial charge is 0.159 e. The predicted molar refractivity (Wildman–Crippen MR) is 129 cm³/mol. The van der Waals surface area contributed by atoms with Gasteiger partial charge in [0.15, 0.2) is 5.78 Å². The maximum atomic E-state index is 13.3. The van der Waals surface area contributed by atoms with E-state index in [1.54, 1.807) is 13.0 Å². The molecule has 198 valence electrons. The Kier molecular flexibility index (Phi) is 5.96. The lowest BCUT2D eigenvalue weighted by Gasteiger charge is -2.60. The van der Waals surface area contributed by atoms with E-state index in [1.165, 1.54) is 0 Å². The maximum Gasteiger partial charge on any atom is 0.159 e. The van der Waals surface area contributed by atoms with Crippen molar-refractivity contribution < 1.29 is 35.1 Å². The summed E-state index contributed by atoms with van der Waals surface area (Å²) in [4.78, 5) is 13.3. The summed E-state index contributed by atoms with van der Waals surface area (Å²) in [6.07, 6.45) is 1.19. The average Bonchev–Trinajstić information content (AvgIpc) is 3.26. The summed E-state index contributed by atoms with van der Waals surface area (Å²) >= 11 is 0. The summed E-state index contributed by atoms with van der Waals surface area (Å²) in [6, 6.07) is 0. The van der Waals surface area contributed by atoms with Gasteiger partial charge in [-0.3, -0.25) is 4.79 Å². The molecule has 4 fully saturated rings. The van der Waals surface area contributed by atoms with Crippen molar-refractivity contribution in [2.45, 2.75) is 109 Å². The van der Waals surface area contributed by atoms with Crippen molar-refractivity contribution >= 4 is 5.78 Å². The third kappa shape index (κ3) is 3.34. The van der Waals surface area contributed by atoms with Gasteiger partial charge in [-0.1, -0.05) is 27.7 Å². The first kappa shape index (κ1) is 25.8. The average molecular weight is 493 g/mol. The number of rotatable bonds is 3. The fourth-order valence-corrected chi connectivity index (χ4v) is 9.12. The Balaban J connectivity index is 1.49. The zero-order valence-electron chi connectivity index (χ0n) is 21.8. The standard InChI is InChI=1S/C28H44O7/c1-14-13-35-23(15(14)2)24(32)27(5,33)22-7-9-28(34)17-10-19(29)18-11-20(30)21(31)12-25(18,3)16(17)6-8-26(22,28)4/h10,14-16,18,20-24,30-34H,6-9,11-13H2,1-5H3/t14-,15+,16+,18+,20-,21+,22+,23-,24-,25-,26-,27-,28-/m1/s1. The Bertz CT molecular complexity index is 915. The van der Waals surface area contributed by atoms with Crippen LogP contribution in [0.2, 0.25) is 0 Å². The Morgan fingerprint density at radius 2 is 1.80 bits per heavy atom. The van der Waals surface area contributed by atoms with E-state index in [2.05, 4.69) is 6.92 Å². The largest absolute Gasteiger partial charge is 0.390 e. The molecule has 0 aromatic heterocycles. The molecular formula is C28H44O7. The van der Waals surface area contributed by atoms with Gasteiger partial charge in [0, 0.05) is 17.9 Å². The molecule has 35 heavy (non-hydrogen) atoms. The van der Waals surface area contributed by atoms with Crippen molar-refractivity contribution in [3.05, 3.63) is 11.6 Å². The van der Waals surface area contributed by atoms with E-state index >= 15 is 0 Å². The van der Waals surface area contributed by atoms with Crippen LogP contribution in [0.3, 0.4) is 0 Å². The van der Waals surface area contributed by atoms with Gasteiger partial charge in [0.1, 0.15) is 6.10 Å². The molecule has 5 rings (SSSR count). The van der Waals surface area contributed by atoms with Crippen molar-refractivity contribution in [3.63, 3.8) is 0 Å². The number of aliphatic hydroxyl groups is 5. The molecule has 1 aliphatic heterocycles. The van der Waals surface area contributed by atoms with E-state index in [-0.39, 0.29) is 35.9 Å². The molecule has 7 nitrogen and oxygen atoms in total. The summed E-state index contributed by atoms with van der Waals surface area (Å²) < 4.78 is 5.90. The van der Waals surface area contributed by atoms with Crippen LogP contribution in [-0.4, -0.2) is 73.5 Å². The predicted octanol–water partition coefficient (Wildman–Crippen LogP) is 1.97. The fourth-order valence-electron chi connectivity index (χ4n) is 9.12. The number of carbonyl (C=O) groups is 1. The van der Waals surface area contributed by atoms with Gasteiger partial charge in [0.25, 0.3) is 0 Å². The zero-order chi connectivity index (χ0) is 25.7. The minimum atomic E-state index is -1.47. The first-order valence-corrected chi connectivity index (χ1v) is 13.5. The molecule has 1 heterocycles. The molecule has 4 aliphatic carbocycles. The second kappa shape index (κ2) is 8.08. The van der Waals surface area contributed by atoms with Gasteiger partial charge >= 0.3 is 0 Å². The highest BCUT2D eigenvalue weighted by Crippen LogP contribution is 2.68. The van der Waals surface area contributed by atoms with Crippen LogP contribution in [0.1, 0.15) is 73.1 Å². The van der Waals surface area contributed by atoms with E-state index in [0.717, 1.165) is 12.0 Å². The Morgan fingerprint density at radius 1 is 1.11 bits per heavy atom. The molecule has 0 aromatic rings. The number of hydrogen-bond donors (Lipinski definition) is 5. The number of ketones is 1. The fraction of sp³-hybridized carbons (Fsp3) is 0.893. The van der Waals surface area contributed by atoms with Crippen LogP contribution in [0.5, 0.6) is 0 Å². The normalized spacial score (nSPS) is 54.3. The van der Waals surface area contributed by atoms with Gasteiger partial charge in [-0.25, -0.2) is 0 Å². The van der Waals surface area contributed by atoms with Crippen LogP contribution in [-0.2, 0) is 9.53 Å². The van der Waals surface area contributed by atoms with E-state index in [1.807, 2.05) is 20.8 Å². The number of hydrogen-bond acceptors (Lipinski definition) is 7. The van der Waals surface area contributed by atoms with Crippen molar-refractivity contribution in [3.8, 4) is 0 Å². The quantitative estimate of drug-likeness (QED) is 0.408. The maximum absolute atomic E-state index is 13.3. The highest BCUT2D eigenvalue weighted by atomic mass is 16.5. The van der Waals surface area contributed by atoms with Crippen LogP contribution < -0.4 is 0 Å². The molecule has 0 unspecified atom stereocenters. The van der Waals surface area contributed by atoms with Gasteiger partial charge in [0.2, 0.25) is 0 Å². The third-order valence-electron chi connectivity index (χ3n) is 11.7. The van der Waals surface area contributed by atoms with Crippen LogP contribution in [0.25, 0.3) is 0 Å². The number of ether oxygens (including phenoxy) is 1. The third-order valence-corrected chi connectivity index (χ3v) is 11.7. The molecule has 0 spiro atoms. The monoisotopic (exact) mass is 492 g/mol. The van der Waals surface area contributed by atoms with Crippen molar-refractivity contribution in [2.75, 3.05) is 6.61 Å². The highest BCUT2D eigenvalue weighted by molar-refractivity contribution is 5.95. The highest BCUT2D eigenvalue weighted by Gasteiger charge is 2.69. The van der Waals surface area contributed by atoms with E-state index in [9.17, 15) is 30.3 Å². The number of carbonyl (C=O) groups excluding carboxylic acids is 1. The summed E-state index contributed by atoms with van der Waals surface area (Å²) in [5.41, 5.74) is -3.26. The number of aliphatic hydroxyl groups excluding tert-OH is 3. The van der Waals surface area contributed by atoms with Gasteiger partial charge in [0.05, 0.1) is 29.5 Å². The molecule has 3 saturated carbocycles. The Hall–Kier alpha value is -0.830. The zero-order valence-corrected chi connectivity index (χ0v) is 21.8. The minimum Gasteiger partial charge on any atom is -0.390 e. The second-order valence-electron chi connectivity index (χ2n) is 13.4. The van der Waals surface area contributed by atoms with E-state index in [0.29, 0.717) is 38.2 Å². The molecule has 0 radical (unpaired) electrons. The lowest BCUT2D eigenvalue weighted by Crippen LogP contribution is -2.63. The Morgan fingerprint density at radius 3 is 2.43 bits per heavy atom. The first-order chi connectivity index (χ1) is 16.2. The summed E-state index contributed by atoms with van der Waals surface area (Å²) in [5, 5.41) is 56.3. The summed E-state index contributed by atoms with van der Waals surface area (Å²) in [7, 11) is 0. The molecule has 5 aliphatic rings. The van der Waals surface area contributed by atoms with E-state index in [4.69, 9.17) is 4.74 Å². The summed E-state index contributed by atoms with van der Waals surface area (Å²) in [5.74, 6) is -0.481. The van der Waals surface area contributed by atoms with Gasteiger partial charge < -0.3 is 30.3 Å². The van der Waals surface area contributed by atoms with Crippen LogP contribution in [0.15, 0.2) is 11.6 Å². The molecule has 13 atom stereocenters. The second-order valence-corrected chi connectivity index (χ2v) is 13.4. The minimum absolute atomic E-state index is 0.0712. The van der Waals surface area contributed by atoms with Crippen molar-refractivity contribution in [2.24, 2.45) is 40.4 Å². The summed E-state index contributed by atoms with van der Waals surface area (Å²) in [6.45, 7) is 10.4. The van der Waals surface area contributed by atoms with Crippen LogP contribution in [0.4, 0.5) is 0 Å². The van der Waals surface area contributed by atoms with Gasteiger partial charge in [-0.15, -0.1) is 0 Å². The van der Waals surface area contributed by atoms with Crippen molar-refractivity contribution in [1.29, 1.82) is 0 Å². The lowest BCUT2D eigenvalue weighted by atomic mass is 9.45. The topological polar surface area (TPSA) is 127 Å². The first-order valence-electron chi connectivity index (χ1n) is 13.5.